The Labute approximate surface area is 168 Å². The molecule has 2 aromatic carbocycles. The summed E-state index contributed by atoms with van der Waals surface area (Å²) in [5, 5.41) is 2.83. The molecule has 1 fully saturated rings. The van der Waals surface area contributed by atoms with Crippen molar-refractivity contribution in [2.75, 3.05) is 19.7 Å². The molecule has 0 atom stereocenters. The predicted molar refractivity (Wildman–Crippen MR) is 109 cm³/mol. The van der Waals surface area contributed by atoms with Crippen molar-refractivity contribution in [1.82, 2.24) is 9.88 Å². The van der Waals surface area contributed by atoms with Crippen molar-refractivity contribution >= 4 is 28.3 Å². The molecule has 1 aliphatic heterocycles. The van der Waals surface area contributed by atoms with Crippen LogP contribution in [-0.2, 0) is 4.79 Å². The first-order valence-electron chi connectivity index (χ1n) is 9.35. The molecule has 0 saturated carbocycles. The highest BCUT2D eigenvalue weighted by Gasteiger charge is 2.24. The molecule has 0 unspecified atom stereocenters. The van der Waals surface area contributed by atoms with Gasteiger partial charge in [0, 0.05) is 38.2 Å². The molecule has 0 spiro atoms. The standard InChI is InChI=1S/C22H21ClN2O3/c23-18-6-8-21(24-14-18)28-19-9-11-25(12-10-19)22(26)15-27-20-7-5-16-3-1-2-4-17(16)13-20/h1-8,13-14,19H,9-12,15H2. The second-order valence-corrected chi connectivity index (χ2v) is 7.25. The van der Waals surface area contributed by atoms with Gasteiger partial charge in [-0.25, -0.2) is 4.98 Å². The summed E-state index contributed by atoms with van der Waals surface area (Å²) < 4.78 is 11.6. The number of carbonyl (C=O) groups is 1. The number of pyridine rings is 1. The zero-order valence-electron chi connectivity index (χ0n) is 15.4. The summed E-state index contributed by atoms with van der Waals surface area (Å²) in [6.45, 7) is 1.35. The van der Waals surface area contributed by atoms with E-state index in [0.717, 1.165) is 23.6 Å². The second-order valence-electron chi connectivity index (χ2n) is 6.81. The van der Waals surface area contributed by atoms with E-state index < -0.39 is 0 Å². The minimum atomic E-state index is -0.00349. The molecule has 1 saturated heterocycles. The third-order valence-corrected chi connectivity index (χ3v) is 5.09. The molecular weight excluding hydrogens is 376 g/mol. The Hall–Kier alpha value is -2.79. The number of fused-ring (bicyclic) bond motifs is 1. The Bertz CT molecular complexity index is 953. The lowest BCUT2D eigenvalue weighted by atomic mass is 10.1. The number of likely N-dealkylation sites (tertiary alicyclic amines) is 1. The fourth-order valence-corrected chi connectivity index (χ4v) is 3.43. The van der Waals surface area contributed by atoms with Crippen LogP contribution in [0.5, 0.6) is 11.6 Å². The monoisotopic (exact) mass is 396 g/mol. The molecule has 3 aromatic rings. The maximum Gasteiger partial charge on any atom is 0.260 e. The van der Waals surface area contributed by atoms with Crippen LogP contribution in [-0.4, -0.2) is 41.6 Å². The van der Waals surface area contributed by atoms with Crippen molar-refractivity contribution < 1.29 is 14.3 Å². The van der Waals surface area contributed by atoms with Crippen LogP contribution in [0.2, 0.25) is 5.02 Å². The van der Waals surface area contributed by atoms with E-state index in [2.05, 4.69) is 11.1 Å². The highest BCUT2D eigenvalue weighted by atomic mass is 35.5. The number of piperidine rings is 1. The number of carbonyl (C=O) groups excluding carboxylic acids is 1. The van der Waals surface area contributed by atoms with Gasteiger partial charge < -0.3 is 14.4 Å². The Balaban J connectivity index is 1.26. The van der Waals surface area contributed by atoms with Gasteiger partial charge in [-0.2, -0.15) is 0 Å². The Morgan fingerprint density at radius 3 is 2.61 bits per heavy atom. The summed E-state index contributed by atoms with van der Waals surface area (Å²) in [5.41, 5.74) is 0. The van der Waals surface area contributed by atoms with Gasteiger partial charge >= 0.3 is 0 Å². The molecule has 5 nitrogen and oxygen atoms in total. The molecule has 6 heteroatoms. The third kappa shape index (κ3) is 4.54. The highest BCUT2D eigenvalue weighted by molar-refractivity contribution is 6.30. The van der Waals surface area contributed by atoms with E-state index in [1.807, 2.05) is 41.3 Å². The van der Waals surface area contributed by atoms with E-state index in [9.17, 15) is 4.79 Å². The average Bonchev–Trinajstić information content (AvgIpc) is 2.74. The molecule has 0 radical (unpaired) electrons. The number of nitrogens with zero attached hydrogens (tertiary/aromatic N) is 2. The number of hydrogen-bond acceptors (Lipinski definition) is 4. The fraction of sp³-hybridized carbons (Fsp3) is 0.273. The number of aromatic nitrogens is 1. The number of rotatable bonds is 5. The minimum absolute atomic E-state index is 0.00349. The van der Waals surface area contributed by atoms with Gasteiger partial charge in [0.2, 0.25) is 5.88 Å². The summed E-state index contributed by atoms with van der Waals surface area (Å²) in [6.07, 6.45) is 3.16. The molecule has 2 heterocycles. The Morgan fingerprint density at radius 2 is 1.86 bits per heavy atom. The Morgan fingerprint density at radius 1 is 1.07 bits per heavy atom. The van der Waals surface area contributed by atoms with Crippen molar-refractivity contribution in [2.45, 2.75) is 18.9 Å². The molecule has 1 aromatic heterocycles. The summed E-state index contributed by atoms with van der Waals surface area (Å²) in [7, 11) is 0. The molecule has 1 amide bonds. The van der Waals surface area contributed by atoms with Gasteiger partial charge in [0.1, 0.15) is 11.9 Å². The average molecular weight is 397 g/mol. The first kappa shape index (κ1) is 18.6. The summed E-state index contributed by atoms with van der Waals surface area (Å²) in [6, 6.07) is 17.5. The third-order valence-electron chi connectivity index (χ3n) is 4.87. The van der Waals surface area contributed by atoms with Crippen LogP contribution in [0.4, 0.5) is 0 Å². The van der Waals surface area contributed by atoms with Gasteiger partial charge in [-0.1, -0.05) is 41.9 Å². The van der Waals surface area contributed by atoms with Gasteiger partial charge in [-0.05, 0) is 29.0 Å². The molecular formula is C22H21ClN2O3. The number of amides is 1. The molecule has 28 heavy (non-hydrogen) atoms. The van der Waals surface area contributed by atoms with Crippen LogP contribution < -0.4 is 9.47 Å². The first-order chi connectivity index (χ1) is 13.7. The van der Waals surface area contributed by atoms with Gasteiger partial charge in [-0.15, -0.1) is 0 Å². The van der Waals surface area contributed by atoms with Gasteiger partial charge in [0.15, 0.2) is 6.61 Å². The van der Waals surface area contributed by atoms with Crippen LogP contribution in [0.3, 0.4) is 0 Å². The lowest BCUT2D eigenvalue weighted by Gasteiger charge is -2.31. The van der Waals surface area contributed by atoms with Gasteiger partial charge in [-0.3, -0.25) is 4.79 Å². The van der Waals surface area contributed by atoms with Crippen molar-refractivity contribution in [2.24, 2.45) is 0 Å². The van der Waals surface area contributed by atoms with Crippen LogP contribution in [0.15, 0.2) is 60.8 Å². The number of hydrogen-bond donors (Lipinski definition) is 0. The quantitative estimate of drug-likeness (QED) is 0.643. The maximum atomic E-state index is 12.5. The van der Waals surface area contributed by atoms with Crippen molar-refractivity contribution in [3.63, 3.8) is 0 Å². The smallest absolute Gasteiger partial charge is 0.260 e. The van der Waals surface area contributed by atoms with Gasteiger partial charge in [0.25, 0.3) is 5.91 Å². The summed E-state index contributed by atoms with van der Waals surface area (Å²) >= 11 is 5.84. The fourth-order valence-electron chi connectivity index (χ4n) is 3.32. The van der Waals surface area contributed by atoms with E-state index in [0.29, 0.717) is 29.7 Å². The zero-order chi connectivity index (χ0) is 19.3. The van der Waals surface area contributed by atoms with Crippen LogP contribution >= 0.6 is 11.6 Å². The molecule has 144 valence electrons. The lowest BCUT2D eigenvalue weighted by Crippen LogP contribution is -2.43. The minimum Gasteiger partial charge on any atom is -0.484 e. The predicted octanol–water partition coefficient (Wildman–Crippen LogP) is 4.34. The molecule has 4 rings (SSSR count). The molecule has 0 N–H and O–H groups in total. The number of ether oxygens (including phenoxy) is 2. The van der Waals surface area contributed by atoms with E-state index in [4.69, 9.17) is 21.1 Å². The topological polar surface area (TPSA) is 51.7 Å². The van der Waals surface area contributed by atoms with Crippen molar-refractivity contribution in [3.8, 4) is 11.6 Å². The van der Waals surface area contributed by atoms with Gasteiger partial charge in [0.05, 0.1) is 5.02 Å². The molecule has 0 aliphatic carbocycles. The lowest BCUT2D eigenvalue weighted by molar-refractivity contribution is -0.135. The molecule has 0 bridgehead atoms. The van der Waals surface area contributed by atoms with Crippen LogP contribution in [0, 0.1) is 0 Å². The summed E-state index contributed by atoms with van der Waals surface area (Å²) in [4.78, 5) is 18.5. The van der Waals surface area contributed by atoms with E-state index in [-0.39, 0.29) is 18.6 Å². The molecule has 1 aliphatic rings. The SMILES string of the molecule is O=C(COc1ccc2ccccc2c1)N1CCC(Oc2ccc(Cl)cn2)CC1. The van der Waals surface area contributed by atoms with E-state index >= 15 is 0 Å². The normalized spacial score (nSPS) is 14.8. The maximum absolute atomic E-state index is 12.5. The van der Waals surface area contributed by atoms with Crippen LogP contribution in [0.1, 0.15) is 12.8 Å². The summed E-state index contributed by atoms with van der Waals surface area (Å²) in [5.74, 6) is 1.27. The first-order valence-corrected chi connectivity index (χ1v) is 9.73. The Kier molecular flexibility index (Phi) is 5.63. The van der Waals surface area contributed by atoms with E-state index in [1.165, 1.54) is 0 Å². The van der Waals surface area contributed by atoms with Crippen LogP contribution in [0.25, 0.3) is 10.8 Å². The number of halogens is 1. The van der Waals surface area contributed by atoms with Crippen molar-refractivity contribution in [3.05, 3.63) is 65.8 Å². The number of benzene rings is 2. The second kappa shape index (κ2) is 8.48. The van der Waals surface area contributed by atoms with E-state index in [1.54, 1.807) is 18.3 Å². The zero-order valence-corrected chi connectivity index (χ0v) is 16.1. The largest absolute Gasteiger partial charge is 0.484 e. The highest BCUT2D eigenvalue weighted by Crippen LogP contribution is 2.21. The van der Waals surface area contributed by atoms with Crippen molar-refractivity contribution in [1.29, 1.82) is 0 Å².